The van der Waals surface area contributed by atoms with Gasteiger partial charge in [-0.05, 0) is 24.3 Å². The van der Waals surface area contributed by atoms with E-state index < -0.39 is 33.8 Å². The van der Waals surface area contributed by atoms with Gasteiger partial charge in [-0.15, -0.1) is 0 Å². The fraction of sp³-hybridized carbons (Fsp3) is 0. The van der Waals surface area contributed by atoms with Gasteiger partial charge in [-0.1, -0.05) is 23.4 Å². The zero-order chi connectivity index (χ0) is 17.1. The van der Waals surface area contributed by atoms with Crippen molar-refractivity contribution in [3.05, 3.63) is 62.7 Å². The van der Waals surface area contributed by atoms with Gasteiger partial charge in [-0.2, -0.15) is 0 Å². The van der Waals surface area contributed by atoms with Crippen LogP contribution in [0.5, 0.6) is 5.75 Å². The Balaban J connectivity index is 2.29. The Morgan fingerprint density at radius 1 is 1.17 bits per heavy atom. The van der Waals surface area contributed by atoms with Crippen LogP contribution in [0.25, 0.3) is 0 Å². The summed E-state index contributed by atoms with van der Waals surface area (Å²) in [6, 6.07) is 6.73. The molecule has 0 fully saturated rings. The predicted octanol–water partition coefficient (Wildman–Crippen LogP) is 2.27. The number of amides is 1. The molecular formula is C14H8ClN2O6-. The number of nitrogens with zero attached hydrogens (tertiary/aromatic N) is 1. The highest BCUT2D eigenvalue weighted by molar-refractivity contribution is 6.32. The fourth-order valence-electron chi connectivity index (χ4n) is 1.77. The van der Waals surface area contributed by atoms with Gasteiger partial charge in [0.25, 0.3) is 11.6 Å². The second kappa shape index (κ2) is 6.32. The molecule has 0 aliphatic carbocycles. The molecular weight excluding hydrogens is 328 g/mol. The predicted molar refractivity (Wildman–Crippen MR) is 78.9 cm³/mol. The van der Waals surface area contributed by atoms with E-state index >= 15 is 0 Å². The molecule has 118 valence electrons. The van der Waals surface area contributed by atoms with E-state index in [0.717, 1.165) is 18.2 Å². The molecule has 2 N–H and O–H groups in total. The molecule has 2 aromatic rings. The lowest BCUT2D eigenvalue weighted by Crippen LogP contribution is -2.13. The Morgan fingerprint density at radius 2 is 1.87 bits per heavy atom. The van der Waals surface area contributed by atoms with Crippen LogP contribution in [0, 0.1) is 10.1 Å². The number of carbonyl (C=O) groups excluding carboxylic acids is 1. The van der Waals surface area contributed by atoms with Crippen LogP contribution in [0.15, 0.2) is 36.4 Å². The van der Waals surface area contributed by atoms with E-state index in [1.807, 2.05) is 0 Å². The fourth-order valence-corrected chi connectivity index (χ4v) is 1.96. The summed E-state index contributed by atoms with van der Waals surface area (Å²) in [6.45, 7) is 0. The molecule has 0 spiro atoms. The number of hydrogen-bond acceptors (Lipinski definition) is 5. The maximum absolute atomic E-state index is 12.1. The molecule has 0 bridgehead atoms. The molecule has 0 aliphatic heterocycles. The molecule has 0 heterocycles. The number of anilines is 1. The Kier molecular flexibility index (Phi) is 4.47. The van der Waals surface area contributed by atoms with Crippen molar-refractivity contribution in [3.63, 3.8) is 0 Å². The Bertz CT molecular complexity index is 821. The zero-order valence-corrected chi connectivity index (χ0v) is 12.0. The van der Waals surface area contributed by atoms with Gasteiger partial charge in [0.1, 0.15) is 5.02 Å². The smallest absolute Gasteiger partial charge is 0.335 e. The summed E-state index contributed by atoms with van der Waals surface area (Å²) in [7, 11) is 0. The van der Waals surface area contributed by atoms with Crippen LogP contribution < -0.4 is 10.4 Å². The number of aromatic carboxylic acids is 1. The van der Waals surface area contributed by atoms with Gasteiger partial charge in [0.15, 0.2) is 0 Å². The van der Waals surface area contributed by atoms with Crippen molar-refractivity contribution in [1.29, 1.82) is 0 Å². The van der Waals surface area contributed by atoms with Gasteiger partial charge in [0.05, 0.1) is 10.5 Å². The molecule has 0 unspecified atom stereocenters. The molecule has 9 heteroatoms. The van der Waals surface area contributed by atoms with Gasteiger partial charge in [-0.3, -0.25) is 14.9 Å². The third-order valence-electron chi connectivity index (χ3n) is 2.87. The van der Waals surface area contributed by atoms with E-state index in [9.17, 15) is 24.8 Å². The van der Waals surface area contributed by atoms with E-state index in [2.05, 4.69) is 5.32 Å². The summed E-state index contributed by atoms with van der Waals surface area (Å²) in [5, 5.41) is 33.3. The van der Waals surface area contributed by atoms with Crippen molar-refractivity contribution >= 4 is 34.9 Å². The van der Waals surface area contributed by atoms with Crippen LogP contribution in [0.4, 0.5) is 11.4 Å². The first-order valence-corrected chi connectivity index (χ1v) is 6.47. The molecule has 0 aromatic heterocycles. The largest absolute Gasteiger partial charge is 0.872 e. The van der Waals surface area contributed by atoms with Crippen molar-refractivity contribution in [1.82, 2.24) is 0 Å². The Morgan fingerprint density at radius 3 is 2.48 bits per heavy atom. The quantitative estimate of drug-likeness (QED) is 0.650. The zero-order valence-electron chi connectivity index (χ0n) is 11.3. The highest BCUT2D eigenvalue weighted by Crippen LogP contribution is 2.26. The van der Waals surface area contributed by atoms with Crippen molar-refractivity contribution < 1.29 is 24.7 Å². The molecule has 0 atom stereocenters. The average Bonchev–Trinajstić information content (AvgIpc) is 2.49. The maximum Gasteiger partial charge on any atom is 0.335 e. The minimum Gasteiger partial charge on any atom is -0.872 e. The lowest BCUT2D eigenvalue weighted by molar-refractivity contribution is -0.384. The molecule has 0 aliphatic rings. The second-order valence-corrected chi connectivity index (χ2v) is 4.80. The normalized spacial score (nSPS) is 10.1. The van der Waals surface area contributed by atoms with Crippen LogP contribution in [0.3, 0.4) is 0 Å². The van der Waals surface area contributed by atoms with Gasteiger partial charge in [-0.25, -0.2) is 4.79 Å². The molecule has 2 aromatic carbocycles. The number of nitro groups is 1. The maximum atomic E-state index is 12.1. The van der Waals surface area contributed by atoms with Crippen LogP contribution in [-0.2, 0) is 0 Å². The van der Waals surface area contributed by atoms with E-state index in [4.69, 9.17) is 16.7 Å². The standard InChI is InChI=1S/C14H9ClN2O6/c15-10-3-1-7(5-11(10)17(22)23)13(19)16-8-2-4-12(18)9(6-8)14(20)21/h1-6,18H,(H,16,19)(H,20,21)/p-1. The number of nitrogens with one attached hydrogen (secondary N) is 1. The minimum atomic E-state index is -1.42. The van der Waals surface area contributed by atoms with Gasteiger partial charge in [0, 0.05) is 17.3 Å². The third-order valence-corrected chi connectivity index (χ3v) is 3.19. The molecule has 0 saturated carbocycles. The van der Waals surface area contributed by atoms with Crippen LogP contribution in [-0.4, -0.2) is 21.9 Å². The number of hydrogen-bond donors (Lipinski definition) is 2. The molecule has 2 rings (SSSR count). The van der Waals surface area contributed by atoms with Crippen molar-refractivity contribution in [2.24, 2.45) is 0 Å². The van der Waals surface area contributed by atoms with E-state index in [-0.39, 0.29) is 16.3 Å². The number of nitro benzene ring substituents is 1. The number of halogens is 1. The van der Waals surface area contributed by atoms with Crippen molar-refractivity contribution in [2.45, 2.75) is 0 Å². The second-order valence-electron chi connectivity index (χ2n) is 4.39. The first-order valence-electron chi connectivity index (χ1n) is 6.09. The lowest BCUT2D eigenvalue weighted by Gasteiger charge is -2.12. The average molecular weight is 336 g/mol. The number of carboxylic acids is 1. The number of rotatable bonds is 4. The number of carboxylic acid groups (broad SMARTS) is 1. The topological polar surface area (TPSA) is 133 Å². The van der Waals surface area contributed by atoms with E-state index in [0.29, 0.717) is 0 Å². The minimum absolute atomic E-state index is 0.0378. The summed E-state index contributed by atoms with van der Waals surface area (Å²) in [6.07, 6.45) is 0. The monoisotopic (exact) mass is 335 g/mol. The molecule has 0 radical (unpaired) electrons. The first kappa shape index (κ1) is 16.2. The first-order chi connectivity index (χ1) is 10.8. The van der Waals surface area contributed by atoms with Gasteiger partial charge in [0.2, 0.25) is 0 Å². The molecule has 23 heavy (non-hydrogen) atoms. The Labute approximate surface area is 134 Å². The van der Waals surface area contributed by atoms with E-state index in [1.54, 1.807) is 0 Å². The van der Waals surface area contributed by atoms with Crippen LogP contribution in [0.1, 0.15) is 20.7 Å². The summed E-state index contributed by atoms with van der Waals surface area (Å²) >= 11 is 5.66. The lowest BCUT2D eigenvalue weighted by atomic mass is 10.1. The SMILES string of the molecule is O=C(Nc1ccc([O-])c(C(=O)O)c1)c1ccc(Cl)c([N+](=O)[O-])c1. The molecule has 1 amide bonds. The van der Waals surface area contributed by atoms with Crippen LogP contribution in [0.2, 0.25) is 5.02 Å². The highest BCUT2D eigenvalue weighted by Gasteiger charge is 2.16. The summed E-state index contributed by atoms with van der Waals surface area (Å²) in [5.74, 6) is -2.83. The van der Waals surface area contributed by atoms with E-state index in [1.165, 1.54) is 18.2 Å². The summed E-state index contributed by atoms with van der Waals surface area (Å²) in [4.78, 5) is 33.0. The summed E-state index contributed by atoms with van der Waals surface area (Å²) < 4.78 is 0. The Hall–Kier alpha value is -3.13. The highest BCUT2D eigenvalue weighted by atomic mass is 35.5. The molecule has 0 saturated heterocycles. The van der Waals surface area contributed by atoms with Crippen molar-refractivity contribution in [3.8, 4) is 5.75 Å². The van der Waals surface area contributed by atoms with Crippen molar-refractivity contribution in [2.75, 3.05) is 5.32 Å². The van der Waals surface area contributed by atoms with Crippen LogP contribution >= 0.6 is 11.6 Å². The third kappa shape index (κ3) is 3.55. The number of benzene rings is 2. The molecule has 8 nitrogen and oxygen atoms in total. The summed E-state index contributed by atoms with van der Waals surface area (Å²) in [5.41, 5.74) is -0.890. The number of carbonyl (C=O) groups is 2. The van der Waals surface area contributed by atoms with Gasteiger partial charge >= 0.3 is 5.97 Å². The van der Waals surface area contributed by atoms with Gasteiger partial charge < -0.3 is 15.5 Å².